The van der Waals surface area contributed by atoms with Gasteiger partial charge in [0.05, 0.1) is 17.2 Å². The lowest BCUT2D eigenvalue weighted by Crippen LogP contribution is -2.48. The minimum absolute atomic E-state index is 0. The molecule has 2 N–H and O–H groups in total. The Hall–Kier alpha value is -1.19. The zero-order chi connectivity index (χ0) is 19.8. The summed E-state index contributed by atoms with van der Waals surface area (Å²) in [7, 11) is 0. The zero-order valence-corrected chi connectivity index (χ0v) is 20.9. The van der Waals surface area contributed by atoms with Crippen LogP contribution in [0.15, 0.2) is 34.6 Å². The van der Waals surface area contributed by atoms with Crippen LogP contribution < -0.4 is 10.6 Å². The van der Waals surface area contributed by atoms with Crippen LogP contribution in [0.5, 0.6) is 0 Å². The molecule has 1 aromatic carbocycles. The van der Waals surface area contributed by atoms with Crippen molar-refractivity contribution in [3.63, 3.8) is 0 Å². The molecule has 5 nitrogen and oxygen atoms in total. The number of halogens is 1. The van der Waals surface area contributed by atoms with Crippen LogP contribution in [0.25, 0.3) is 0 Å². The van der Waals surface area contributed by atoms with E-state index in [4.69, 9.17) is 4.99 Å². The standard InChI is InChI=1S/C22H33N5S.HI/c1-4-21-25-20(16-28-21)14-24-22(23-5-2)26-19-9-11-27(12-10-19)15-18-8-6-7-17(3)13-18;/h6-8,13,16,19H,4-5,9-12,14-15H2,1-3H3,(H2,23,24,26);1H. The fourth-order valence-corrected chi connectivity index (χ4v) is 4.30. The van der Waals surface area contributed by atoms with Gasteiger partial charge in [-0.05, 0) is 38.7 Å². The van der Waals surface area contributed by atoms with Crippen LogP contribution in [0.3, 0.4) is 0 Å². The third-order valence-electron chi connectivity index (χ3n) is 5.06. The molecule has 7 heteroatoms. The lowest BCUT2D eigenvalue weighted by molar-refractivity contribution is 0.198. The molecule has 1 saturated heterocycles. The van der Waals surface area contributed by atoms with E-state index in [0.29, 0.717) is 12.6 Å². The number of nitrogens with zero attached hydrogens (tertiary/aromatic N) is 3. The van der Waals surface area contributed by atoms with Gasteiger partial charge in [-0.2, -0.15) is 0 Å². The topological polar surface area (TPSA) is 52.6 Å². The van der Waals surface area contributed by atoms with Gasteiger partial charge in [-0.15, -0.1) is 35.3 Å². The van der Waals surface area contributed by atoms with E-state index in [2.05, 4.69) is 70.9 Å². The number of hydrogen-bond donors (Lipinski definition) is 2. The summed E-state index contributed by atoms with van der Waals surface area (Å²) in [4.78, 5) is 11.9. The molecule has 0 aliphatic carbocycles. The summed E-state index contributed by atoms with van der Waals surface area (Å²) in [5.74, 6) is 0.908. The second-order valence-electron chi connectivity index (χ2n) is 7.47. The molecule has 0 amide bonds. The summed E-state index contributed by atoms with van der Waals surface area (Å²) in [5, 5.41) is 10.3. The Labute approximate surface area is 196 Å². The third-order valence-corrected chi connectivity index (χ3v) is 6.10. The van der Waals surface area contributed by atoms with E-state index in [0.717, 1.165) is 57.1 Å². The molecular weight excluding hydrogens is 493 g/mol. The van der Waals surface area contributed by atoms with Crippen molar-refractivity contribution in [1.29, 1.82) is 0 Å². The molecule has 0 bridgehead atoms. The fraction of sp³-hybridized carbons (Fsp3) is 0.545. The molecule has 160 valence electrons. The second kappa shape index (κ2) is 12.5. The van der Waals surface area contributed by atoms with Gasteiger partial charge in [-0.3, -0.25) is 4.90 Å². The number of aromatic nitrogens is 1. The first kappa shape index (κ1) is 24.1. The Kier molecular flexibility index (Phi) is 10.4. The van der Waals surface area contributed by atoms with Crippen molar-refractivity contribution in [2.24, 2.45) is 4.99 Å². The van der Waals surface area contributed by atoms with E-state index in [9.17, 15) is 0 Å². The number of rotatable bonds is 7. The summed E-state index contributed by atoms with van der Waals surface area (Å²) in [6.45, 7) is 11.2. The van der Waals surface area contributed by atoms with E-state index in [1.54, 1.807) is 11.3 Å². The van der Waals surface area contributed by atoms with Crippen molar-refractivity contribution < 1.29 is 0 Å². The molecule has 0 unspecified atom stereocenters. The van der Waals surface area contributed by atoms with Crippen molar-refractivity contribution >= 4 is 41.3 Å². The van der Waals surface area contributed by atoms with Crippen molar-refractivity contribution in [2.75, 3.05) is 19.6 Å². The summed E-state index contributed by atoms with van der Waals surface area (Å²) >= 11 is 1.73. The Balaban J connectivity index is 0.00000300. The minimum Gasteiger partial charge on any atom is -0.357 e. The average molecular weight is 528 g/mol. The monoisotopic (exact) mass is 527 g/mol. The number of piperidine rings is 1. The number of aliphatic imine (C=N–C) groups is 1. The molecule has 0 atom stereocenters. The maximum atomic E-state index is 4.75. The quantitative estimate of drug-likeness (QED) is 0.320. The van der Waals surface area contributed by atoms with Crippen LogP contribution in [0, 0.1) is 6.92 Å². The smallest absolute Gasteiger partial charge is 0.191 e. The molecule has 29 heavy (non-hydrogen) atoms. The Bertz CT molecular complexity index is 768. The van der Waals surface area contributed by atoms with Gasteiger partial charge in [0.15, 0.2) is 5.96 Å². The molecule has 3 rings (SSSR count). The minimum atomic E-state index is 0. The number of nitrogens with one attached hydrogen (secondary N) is 2. The molecular formula is C22H34IN5S. The maximum absolute atomic E-state index is 4.75. The van der Waals surface area contributed by atoms with Gasteiger partial charge in [-0.1, -0.05) is 36.8 Å². The van der Waals surface area contributed by atoms with E-state index in [1.807, 2.05) is 0 Å². The lowest BCUT2D eigenvalue weighted by atomic mass is 10.0. The first-order valence-electron chi connectivity index (χ1n) is 10.4. The lowest BCUT2D eigenvalue weighted by Gasteiger charge is -2.33. The summed E-state index contributed by atoms with van der Waals surface area (Å²) < 4.78 is 0. The summed E-state index contributed by atoms with van der Waals surface area (Å²) in [5.41, 5.74) is 3.81. The van der Waals surface area contributed by atoms with Crippen molar-refractivity contribution in [3.05, 3.63) is 51.5 Å². The van der Waals surface area contributed by atoms with Crippen LogP contribution >= 0.6 is 35.3 Å². The predicted octanol–water partition coefficient (Wildman–Crippen LogP) is 4.35. The van der Waals surface area contributed by atoms with Gasteiger partial charge in [-0.25, -0.2) is 9.98 Å². The molecule has 1 aliphatic heterocycles. The maximum Gasteiger partial charge on any atom is 0.191 e. The van der Waals surface area contributed by atoms with E-state index < -0.39 is 0 Å². The van der Waals surface area contributed by atoms with Crippen molar-refractivity contribution in [2.45, 2.75) is 59.2 Å². The largest absolute Gasteiger partial charge is 0.357 e. The molecule has 1 aliphatic rings. The molecule has 0 spiro atoms. The number of likely N-dealkylation sites (tertiary alicyclic amines) is 1. The average Bonchev–Trinajstić information content (AvgIpc) is 3.16. The summed E-state index contributed by atoms with van der Waals surface area (Å²) in [6.07, 6.45) is 3.29. The number of aryl methyl sites for hydroxylation is 2. The van der Waals surface area contributed by atoms with Gasteiger partial charge in [0, 0.05) is 37.6 Å². The van der Waals surface area contributed by atoms with Crippen molar-refractivity contribution in [3.8, 4) is 0 Å². The molecule has 0 radical (unpaired) electrons. The van der Waals surface area contributed by atoms with Gasteiger partial charge < -0.3 is 10.6 Å². The highest BCUT2D eigenvalue weighted by molar-refractivity contribution is 14.0. The fourth-order valence-electron chi connectivity index (χ4n) is 3.56. The molecule has 2 aromatic rings. The first-order valence-corrected chi connectivity index (χ1v) is 11.3. The molecule has 0 saturated carbocycles. The Morgan fingerprint density at radius 3 is 2.72 bits per heavy atom. The van der Waals surface area contributed by atoms with E-state index in [1.165, 1.54) is 16.1 Å². The summed E-state index contributed by atoms with van der Waals surface area (Å²) in [6, 6.07) is 9.33. The van der Waals surface area contributed by atoms with Crippen LogP contribution in [-0.4, -0.2) is 41.5 Å². The van der Waals surface area contributed by atoms with Gasteiger partial charge in [0.25, 0.3) is 0 Å². The first-order chi connectivity index (χ1) is 13.7. The van der Waals surface area contributed by atoms with Crippen LogP contribution in [-0.2, 0) is 19.5 Å². The number of thiazole rings is 1. The highest BCUT2D eigenvalue weighted by Crippen LogP contribution is 2.15. The van der Waals surface area contributed by atoms with Gasteiger partial charge in [0.1, 0.15) is 0 Å². The van der Waals surface area contributed by atoms with Crippen LogP contribution in [0.4, 0.5) is 0 Å². The second-order valence-corrected chi connectivity index (χ2v) is 8.41. The molecule has 1 fully saturated rings. The predicted molar refractivity (Wildman–Crippen MR) is 134 cm³/mol. The molecule has 1 aromatic heterocycles. The van der Waals surface area contributed by atoms with Crippen LogP contribution in [0.2, 0.25) is 0 Å². The van der Waals surface area contributed by atoms with Crippen molar-refractivity contribution in [1.82, 2.24) is 20.5 Å². The van der Waals surface area contributed by atoms with Gasteiger partial charge >= 0.3 is 0 Å². The molecule has 2 heterocycles. The number of guanidine groups is 1. The van der Waals surface area contributed by atoms with E-state index >= 15 is 0 Å². The Morgan fingerprint density at radius 1 is 1.28 bits per heavy atom. The normalized spacial score (nSPS) is 15.8. The van der Waals surface area contributed by atoms with Crippen LogP contribution in [0.1, 0.15) is 48.5 Å². The zero-order valence-electron chi connectivity index (χ0n) is 17.8. The number of hydrogen-bond acceptors (Lipinski definition) is 4. The highest BCUT2D eigenvalue weighted by atomic mass is 127. The van der Waals surface area contributed by atoms with E-state index in [-0.39, 0.29) is 24.0 Å². The van der Waals surface area contributed by atoms with Gasteiger partial charge in [0.2, 0.25) is 0 Å². The SMILES string of the molecule is CCNC(=NCc1csc(CC)n1)NC1CCN(Cc2cccc(C)c2)CC1.I. The third kappa shape index (κ3) is 7.86. The highest BCUT2D eigenvalue weighted by Gasteiger charge is 2.20. The Morgan fingerprint density at radius 2 is 2.07 bits per heavy atom. The number of benzene rings is 1.